The predicted octanol–water partition coefficient (Wildman–Crippen LogP) is 4.68. The number of hydrogen-bond acceptors (Lipinski definition) is 3. The summed E-state index contributed by atoms with van der Waals surface area (Å²) in [6.45, 7) is 1.86. The minimum absolute atomic E-state index is 0.0721. The van der Waals surface area contributed by atoms with Crippen molar-refractivity contribution in [3.63, 3.8) is 0 Å². The van der Waals surface area contributed by atoms with E-state index in [9.17, 15) is 22.4 Å². The molecule has 1 aromatic carbocycles. The summed E-state index contributed by atoms with van der Waals surface area (Å²) in [4.78, 5) is 11.2. The Bertz CT molecular complexity index is 729. The number of alkyl halides is 3. The van der Waals surface area contributed by atoms with Crippen LogP contribution in [0.2, 0.25) is 0 Å². The molecule has 23 heavy (non-hydrogen) atoms. The highest BCUT2D eigenvalue weighted by atomic mass is 19.4. The summed E-state index contributed by atoms with van der Waals surface area (Å²) in [5.41, 5.74) is -1.68. The number of hydrogen-bond donors (Lipinski definition) is 0. The summed E-state index contributed by atoms with van der Waals surface area (Å²) in [5.74, 6) is -1.88. The van der Waals surface area contributed by atoms with Gasteiger partial charge in [-0.25, -0.2) is 9.18 Å². The van der Waals surface area contributed by atoms with Gasteiger partial charge in [0, 0.05) is 6.08 Å². The molecule has 0 N–H and O–H groups in total. The molecule has 1 aromatic heterocycles. The Morgan fingerprint density at radius 3 is 2.65 bits per heavy atom. The summed E-state index contributed by atoms with van der Waals surface area (Å²) in [6.07, 6.45) is -2.40. The Morgan fingerprint density at radius 2 is 2.00 bits per heavy atom. The molecular formula is C16H12F4O3. The fourth-order valence-electron chi connectivity index (χ4n) is 1.87. The molecule has 0 radical (unpaired) electrons. The van der Waals surface area contributed by atoms with Crippen LogP contribution in [0, 0.1) is 5.82 Å². The second-order valence-electron chi connectivity index (χ2n) is 4.45. The van der Waals surface area contributed by atoms with Gasteiger partial charge in [-0.1, -0.05) is 6.07 Å². The van der Waals surface area contributed by atoms with Crippen LogP contribution in [0.25, 0.3) is 17.4 Å². The van der Waals surface area contributed by atoms with Gasteiger partial charge >= 0.3 is 12.1 Å². The zero-order valence-electron chi connectivity index (χ0n) is 12.0. The van der Waals surface area contributed by atoms with Crippen molar-refractivity contribution in [3.05, 3.63) is 53.5 Å². The summed E-state index contributed by atoms with van der Waals surface area (Å²) < 4.78 is 62.0. The number of esters is 1. The lowest BCUT2D eigenvalue weighted by Crippen LogP contribution is -2.08. The third kappa shape index (κ3) is 4.00. The van der Waals surface area contributed by atoms with Crippen LogP contribution in [0.5, 0.6) is 0 Å². The summed E-state index contributed by atoms with van der Waals surface area (Å²) in [6, 6.07) is 5.66. The molecule has 0 bridgehead atoms. The molecular weight excluding hydrogens is 316 g/mol. The molecule has 3 nitrogen and oxygen atoms in total. The first-order chi connectivity index (χ1) is 10.8. The first kappa shape index (κ1) is 16.8. The van der Waals surface area contributed by atoms with E-state index in [1.807, 2.05) is 0 Å². The second-order valence-corrected chi connectivity index (χ2v) is 4.45. The molecule has 0 amide bonds. The minimum atomic E-state index is -4.79. The van der Waals surface area contributed by atoms with Crippen molar-refractivity contribution in [3.8, 4) is 11.3 Å². The number of carbonyl (C=O) groups excluding carboxylic acids is 1. The first-order valence-corrected chi connectivity index (χ1v) is 6.63. The van der Waals surface area contributed by atoms with Gasteiger partial charge in [0.25, 0.3) is 0 Å². The second kappa shape index (κ2) is 6.68. The molecule has 0 spiro atoms. The number of carbonyl (C=O) groups is 1. The Labute approximate surface area is 129 Å². The highest BCUT2D eigenvalue weighted by Gasteiger charge is 2.35. The smallest absolute Gasteiger partial charge is 0.419 e. The Kier molecular flexibility index (Phi) is 4.88. The minimum Gasteiger partial charge on any atom is -0.463 e. The highest BCUT2D eigenvalue weighted by molar-refractivity contribution is 5.86. The standard InChI is InChI=1S/C16H12F4O3/c1-2-22-14(21)9-7-10-6-8-13(23-10)11-4-3-5-12(15(11)17)16(18,19)20/h3-9H,2H2,1H3. The maximum Gasteiger partial charge on any atom is 0.419 e. The predicted molar refractivity (Wildman–Crippen MR) is 74.8 cm³/mol. The SMILES string of the molecule is CCOC(=O)C=Cc1ccc(-c2cccc(C(F)(F)F)c2F)o1. The fourth-order valence-corrected chi connectivity index (χ4v) is 1.87. The van der Waals surface area contributed by atoms with Gasteiger partial charge in [-0.05, 0) is 37.3 Å². The lowest BCUT2D eigenvalue weighted by atomic mass is 10.1. The molecule has 1 heterocycles. The van der Waals surface area contributed by atoms with E-state index >= 15 is 0 Å². The van der Waals surface area contributed by atoms with Gasteiger partial charge in [-0.2, -0.15) is 13.2 Å². The largest absolute Gasteiger partial charge is 0.463 e. The molecule has 2 aromatic rings. The van der Waals surface area contributed by atoms with E-state index in [4.69, 9.17) is 4.42 Å². The third-order valence-corrected chi connectivity index (χ3v) is 2.87. The normalized spacial score (nSPS) is 11.9. The maximum absolute atomic E-state index is 14.0. The van der Waals surface area contributed by atoms with Gasteiger partial charge in [-0.3, -0.25) is 0 Å². The van der Waals surface area contributed by atoms with Crippen LogP contribution in [-0.2, 0) is 15.7 Å². The van der Waals surface area contributed by atoms with E-state index < -0.39 is 23.5 Å². The van der Waals surface area contributed by atoms with Crippen molar-refractivity contribution >= 4 is 12.0 Å². The molecule has 122 valence electrons. The maximum atomic E-state index is 14.0. The van der Waals surface area contributed by atoms with Crippen molar-refractivity contribution in [2.75, 3.05) is 6.61 Å². The molecule has 0 fully saturated rings. The van der Waals surface area contributed by atoms with Gasteiger partial charge in [0.1, 0.15) is 17.3 Å². The molecule has 2 rings (SSSR count). The number of halogens is 4. The molecule has 0 aliphatic heterocycles. The van der Waals surface area contributed by atoms with Crippen molar-refractivity contribution in [2.24, 2.45) is 0 Å². The van der Waals surface area contributed by atoms with Crippen LogP contribution in [0.15, 0.2) is 40.8 Å². The first-order valence-electron chi connectivity index (χ1n) is 6.63. The summed E-state index contributed by atoms with van der Waals surface area (Å²) in [5, 5.41) is 0. The molecule has 0 saturated heterocycles. The lowest BCUT2D eigenvalue weighted by Gasteiger charge is -2.09. The van der Waals surface area contributed by atoms with Gasteiger partial charge in [0.05, 0.1) is 17.7 Å². The van der Waals surface area contributed by atoms with Crippen LogP contribution in [-0.4, -0.2) is 12.6 Å². The van der Waals surface area contributed by atoms with E-state index in [1.54, 1.807) is 6.92 Å². The summed E-state index contributed by atoms with van der Waals surface area (Å²) in [7, 11) is 0. The lowest BCUT2D eigenvalue weighted by molar-refractivity contribution is -0.140. The molecule has 0 aliphatic carbocycles. The number of rotatable bonds is 4. The Balaban J connectivity index is 2.30. The number of ether oxygens (including phenoxy) is 1. The summed E-state index contributed by atoms with van der Waals surface area (Å²) >= 11 is 0. The van der Waals surface area contributed by atoms with Gasteiger partial charge in [-0.15, -0.1) is 0 Å². The third-order valence-electron chi connectivity index (χ3n) is 2.87. The Hall–Kier alpha value is -2.57. The average Bonchev–Trinajstić information content (AvgIpc) is 2.93. The monoisotopic (exact) mass is 328 g/mol. The zero-order chi connectivity index (χ0) is 17.0. The van der Waals surface area contributed by atoms with E-state index in [-0.39, 0.29) is 23.7 Å². The molecule has 0 unspecified atom stereocenters. The van der Waals surface area contributed by atoms with Crippen LogP contribution in [0.4, 0.5) is 17.6 Å². The van der Waals surface area contributed by atoms with Gasteiger partial charge in [0.15, 0.2) is 0 Å². The van der Waals surface area contributed by atoms with Crippen LogP contribution < -0.4 is 0 Å². The molecule has 0 atom stereocenters. The number of benzene rings is 1. The van der Waals surface area contributed by atoms with Crippen LogP contribution in [0.3, 0.4) is 0 Å². The fraction of sp³-hybridized carbons (Fsp3) is 0.188. The van der Waals surface area contributed by atoms with Crippen LogP contribution >= 0.6 is 0 Å². The van der Waals surface area contributed by atoms with E-state index in [1.165, 1.54) is 24.3 Å². The Morgan fingerprint density at radius 1 is 1.26 bits per heavy atom. The van der Waals surface area contributed by atoms with Gasteiger partial charge < -0.3 is 9.15 Å². The molecule has 0 aliphatic rings. The zero-order valence-corrected chi connectivity index (χ0v) is 12.0. The van der Waals surface area contributed by atoms with Crippen LogP contribution in [0.1, 0.15) is 18.2 Å². The molecule has 0 saturated carbocycles. The van der Waals surface area contributed by atoms with Crippen molar-refractivity contribution in [2.45, 2.75) is 13.1 Å². The van der Waals surface area contributed by atoms with E-state index in [2.05, 4.69) is 4.74 Å². The average molecular weight is 328 g/mol. The van der Waals surface area contributed by atoms with Crippen molar-refractivity contribution in [1.29, 1.82) is 0 Å². The van der Waals surface area contributed by atoms with Gasteiger partial charge in [0.2, 0.25) is 0 Å². The van der Waals surface area contributed by atoms with E-state index in [0.717, 1.165) is 12.1 Å². The quantitative estimate of drug-likeness (QED) is 0.465. The molecule has 7 heteroatoms. The topological polar surface area (TPSA) is 39.4 Å². The van der Waals surface area contributed by atoms with Crippen molar-refractivity contribution < 1.29 is 31.5 Å². The van der Waals surface area contributed by atoms with Crippen molar-refractivity contribution in [1.82, 2.24) is 0 Å². The number of furan rings is 1. The highest BCUT2D eigenvalue weighted by Crippen LogP contribution is 2.36. The van der Waals surface area contributed by atoms with E-state index in [0.29, 0.717) is 6.07 Å².